The van der Waals surface area contributed by atoms with Gasteiger partial charge in [0.1, 0.15) is 0 Å². The molecular weight excluding hydrogens is 408 g/mol. The molecular formula is C24H28N4O2S. The van der Waals surface area contributed by atoms with Crippen molar-refractivity contribution in [2.75, 3.05) is 36.4 Å². The number of nitrogens with zero attached hydrogens (tertiary/aromatic N) is 2. The Morgan fingerprint density at radius 3 is 2.32 bits per heavy atom. The van der Waals surface area contributed by atoms with Crippen molar-refractivity contribution in [3.8, 4) is 0 Å². The van der Waals surface area contributed by atoms with E-state index in [-0.39, 0.29) is 16.9 Å². The summed E-state index contributed by atoms with van der Waals surface area (Å²) < 4.78 is 0. The highest BCUT2D eigenvalue weighted by Gasteiger charge is 2.20. The molecule has 3 rings (SSSR count). The first-order valence-corrected chi connectivity index (χ1v) is 10.9. The summed E-state index contributed by atoms with van der Waals surface area (Å²) in [6.07, 6.45) is 4.71. The van der Waals surface area contributed by atoms with Crippen molar-refractivity contribution >= 4 is 46.6 Å². The fourth-order valence-corrected chi connectivity index (χ4v) is 3.61. The number of piperazine rings is 1. The molecule has 2 aromatic rings. The molecule has 0 unspecified atom stereocenters. The predicted octanol–water partition coefficient (Wildman–Crippen LogP) is 3.66. The summed E-state index contributed by atoms with van der Waals surface area (Å²) in [5, 5.41) is 5.93. The van der Waals surface area contributed by atoms with Crippen LogP contribution in [0.5, 0.6) is 0 Å². The molecule has 2 amide bonds. The molecule has 1 saturated heterocycles. The third kappa shape index (κ3) is 6.93. The van der Waals surface area contributed by atoms with Crippen molar-refractivity contribution < 1.29 is 9.59 Å². The number of carbonyl (C=O) groups excluding carboxylic acids is 2. The molecule has 162 valence electrons. The van der Waals surface area contributed by atoms with E-state index >= 15 is 0 Å². The summed E-state index contributed by atoms with van der Waals surface area (Å²) >= 11 is 5.24. The van der Waals surface area contributed by atoms with Gasteiger partial charge in [0.25, 0.3) is 0 Å². The van der Waals surface area contributed by atoms with Gasteiger partial charge in [-0.1, -0.05) is 37.3 Å². The van der Waals surface area contributed by atoms with Gasteiger partial charge in [-0.05, 0) is 54.5 Å². The van der Waals surface area contributed by atoms with E-state index in [2.05, 4.69) is 15.5 Å². The minimum atomic E-state index is -0.284. The van der Waals surface area contributed by atoms with Gasteiger partial charge < -0.3 is 15.1 Å². The molecule has 0 radical (unpaired) electrons. The topological polar surface area (TPSA) is 64.7 Å². The molecule has 2 N–H and O–H groups in total. The molecule has 0 aliphatic carbocycles. The molecule has 1 heterocycles. The van der Waals surface area contributed by atoms with Crippen molar-refractivity contribution in [1.82, 2.24) is 10.2 Å². The smallest absolute Gasteiger partial charge is 0.250 e. The fourth-order valence-electron chi connectivity index (χ4n) is 3.39. The van der Waals surface area contributed by atoms with E-state index in [0.717, 1.165) is 49.5 Å². The largest absolute Gasteiger partial charge is 0.368 e. The quantitative estimate of drug-likeness (QED) is 0.534. The standard InChI is InChI=1S/C24H28N4O2S/c1-2-6-23(30)28-17-15-27(16-18-28)21-12-10-20(11-13-21)25-24(31)26-22(29)14-9-19-7-4-3-5-8-19/h3-5,7-14H,2,6,15-18H2,1H3,(H2,25,26,29,31). The predicted molar refractivity (Wildman–Crippen MR) is 130 cm³/mol. The first-order valence-electron chi connectivity index (χ1n) is 10.5. The van der Waals surface area contributed by atoms with Crippen LogP contribution < -0.4 is 15.5 Å². The Hall–Kier alpha value is -3.19. The Bertz CT molecular complexity index is 920. The van der Waals surface area contributed by atoms with Crippen molar-refractivity contribution in [3.63, 3.8) is 0 Å². The maximum atomic E-state index is 12.0. The minimum Gasteiger partial charge on any atom is -0.368 e. The highest BCUT2D eigenvalue weighted by atomic mass is 32.1. The molecule has 0 spiro atoms. The lowest BCUT2D eigenvalue weighted by Gasteiger charge is -2.36. The van der Waals surface area contributed by atoms with Crippen LogP contribution in [0.15, 0.2) is 60.7 Å². The van der Waals surface area contributed by atoms with Crippen LogP contribution >= 0.6 is 12.2 Å². The van der Waals surface area contributed by atoms with E-state index in [1.165, 1.54) is 6.08 Å². The summed E-state index contributed by atoms with van der Waals surface area (Å²) in [6, 6.07) is 17.5. The zero-order valence-corrected chi connectivity index (χ0v) is 18.5. The number of carbonyl (C=O) groups is 2. The lowest BCUT2D eigenvalue weighted by Crippen LogP contribution is -2.48. The number of benzene rings is 2. The number of anilines is 2. The molecule has 1 fully saturated rings. The maximum Gasteiger partial charge on any atom is 0.250 e. The Balaban J connectivity index is 1.46. The third-order valence-electron chi connectivity index (χ3n) is 5.05. The zero-order chi connectivity index (χ0) is 22.1. The maximum absolute atomic E-state index is 12.0. The van der Waals surface area contributed by atoms with Gasteiger partial charge in [0.05, 0.1) is 0 Å². The van der Waals surface area contributed by atoms with Crippen molar-refractivity contribution in [3.05, 3.63) is 66.2 Å². The number of nitrogens with one attached hydrogen (secondary N) is 2. The second-order valence-corrected chi connectivity index (χ2v) is 7.76. The fraction of sp³-hybridized carbons (Fsp3) is 0.292. The van der Waals surface area contributed by atoms with E-state index in [4.69, 9.17) is 12.2 Å². The highest BCUT2D eigenvalue weighted by Crippen LogP contribution is 2.20. The average molecular weight is 437 g/mol. The number of amides is 2. The van der Waals surface area contributed by atoms with Gasteiger partial charge in [0.2, 0.25) is 11.8 Å². The Kier molecular flexibility index (Phi) is 8.18. The zero-order valence-electron chi connectivity index (χ0n) is 17.7. The van der Waals surface area contributed by atoms with Crippen LogP contribution in [0.2, 0.25) is 0 Å². The highest BCUT2D eigenvalue weighted by molar-refractivity contribution is 7.80. The molecule has 1 aliphatic heterocycles. The minimum absolute atomic E-state index is 0.246. The Morgan fingerprint density at radius 2 is 1.68 bits per heavy atom. The molecule has 31 heavy (non-hydrogen) atoms. The number of rotatable bonds is 6. The number of hydrogen-bond donors (Lipinski definition) is 2. The monoisotopic (exact) mass is 436 g/mol. The van der Waals surface area contributed by atoms with Gasteiger partial charge in [-0.15, -0.1) is 0 Å². The number of hydrogen-bond acceptors (Lipinski definition) is 4. The van der Waals surface area contributed by atoms with Gasteiger partial charge in [-0.3, -0.25) is 14.9 Å². The van der Waals surface area contributed by atoms with Crippen molar-refractivity contribution in [2.24, 2.45) is 0 Å². The Labute approximate surface area is 188 Å². The van der Waals surface area contributed by atoms with Gasteiger partial charge in [-0.2, -0.15) is 0 Å². The average Bonchev–Trinajstić information content (AvgIpc) is 2.79. The van der Waals surface area contributed by atoms with Crippen LogP contribution in [0.1, 0.15) is 25.3 Å². The van der Waals surface area contributed by atoms with Gasteiger partial charge in [0, 0.05) is 50.1 Å². The van der Waals surface area contributed by atoms with Crippen LogP contribution in [-0.4, -0.2) is 48.0 Å². The molecule has 0 atom stereocenters. The summed E-state index contributed by atoms with van der Waals surface area (Å²) in [7, 11) is 0. The normalized spacial score (nSPS) is 13.8. The van der Waals surface area contributed by atoms with Crippen LogP contribution in [0, 0.1) is 0 Å². The van der Waals surface area contributed by atoms with Crippen LogP contribution in [-0.2, 0) is 9.59 Å². The summed E-state index contributed by atoms with van der Waals surface area (Å²) in [4.78, 5) is 28.3. The lowest BCUT2D eigenvalue weighted by atomic mass is 10.2. The Morgan fingerprint density at radius 1 is 1.00 bits per heavy atom. The lowest BCUT2D eigenvalue weighted by molar-refractivity contribution is -0.131. The van der Waals surface area contributed by atoms with Crippen molar-refractivity contribution in [2.45, 2.75) is 19.8 Å². The van der Waals surface area contributed by atoms with Gasteiger partial charge >= 0.3 is 0 Å². The van der Waals surface area contributed by atoms with Crippen LogP contribution in [0.3, 0.4) is 0 Å². The van der Waals surface area contributed by atoms with Gasteiger partial charge in [0.15, 0.2) is 5.11 Å². The number of thiocarbonyl (C=S) groups is 1. The van der Waals surface area contributed by atoms with E-state index in [0.29, 0.717) is 6.42 Å². The molecule has 6 nitrogen and oxygen atoms in total. The van der Waals surface area contributed by atoms with Crippen molar-refractivity contribution in [1.29, 1.82) is 0 Å². The van der Waals surface area contributed by atoms with Crippen LogP contribution in [0.4, 0.5) is 11.4 Å². The first kappa shape index (κ1) is 22.5. The molecule has 0 bridgehead atoms. The third-order valence-corrected chi connectivity index (χ3v) is 5.25. The summed E-state index contributed by atoms with van der Waals surface area (Å²) in [6.45, 7) is 5.19. The second-order valence-electron chi connectivity index (χ2n) is 7.35. The molecule has 0 aromatic heterocycles. The van der Waals surface area contributed by atoms with Gasteiger partial charge in [-0.25, -0.2) is 0 Å². The van der Waals surface area contributed by atoms with E-state index in [1.807, 2.05) is 66.4 Å². The van der Waals surface area contributed by atoms with E-state index in [9.17, 15) is 9.59 Å². The molecule has 7 heteroatoms. The summed E-state index contributed by atoms with van der Waals surface area (Å²) in [5.41, 5.74) is 2.86. The first-order chi connectivity index (χ1) is 15.0. The molecule has 0 saturated carbocycles. The van der Waals surface area contributed by atoms with Crippen LogP contribution in [0.25, 0.3) is 6.08 Å². The van der Waals surface area contributed by atoms with E-state index in [1.54, 1.807) is 6.08 Å². The molecule has 2 aromatic carbocycles. The SMILES string of the molecule is CCCC(=O)N1CCN(c2ccc(NC(=S)NC(=O)C=Cc3ccccc3)cc2)CC1. The summed E-state index contributed by atoms with van der Waals surface area (Å²) in [5.74, 6) is -0.0377. The second kappa shape index (κ2) is 11.3. The molecule has 1 aliphatic rings. The van der Waals surface area contributed by atoms with E-state index < -0.39 is 0 Å².